The smallest absolute Gasteiger partial charge is 0.273 e. The maximum atomic E-state index is 13.8. The van der Waals surface area contributed by atoms with Crippen molar-refractivity contribution < 1.29 is 13.7 Å². The molecule has 0 saturated carbocycles. The summed E-state index contributed by atoms with van der Waals surface area (Å²) in [6, 6.07) is 12.3. The Morgan fingerprint density at radius 2 is 1.87 bits per heavy atom. The second kappa shape index (κ2) is 9.73. The Hall–Kier alpha value is -3.61. The lowest BCUT2D eigenvalue weighted by molar-refractivity contribution is 0.340. The minimum absolute atomic E-state index is 0.182. The highest BCUT2D eigenvalue weighted by atomic mass is 19.1. The lowest BCUT2D eigenvalue weighted by Crippen LogP contribution is -2.27. The largest absolute Gasteiger partial charge is 0.487 e. The van der Waals surface area contributed by atoms with Crippen molar-refractivity contribution in [3.63, 3.8) is 0 Å². The normalized spacial score (nSPS) is 10.5. The number of hydrogen-bond acceptors (Lipinski definition) is 6. The molecule has 0 amide bonds. The van der Waals surface area contributed by atoms with Crippen molar-refractivity contribution in [1.29, 1.82) is 0 Å². The molecule has 0 radical (unpaired) electrons. The zero-order valence-corrected chi connectivity index (χ0v) is 17.2. The average Bonchev–Trinajstić information content (AvgIpc) is 3.21. The summed E-state index contributed by atoms with van der Waals surface area (Å²) < 4.78 is 24.8. The molecule has 0 fully saturated rings. The van der Waals surface area contributed by atoms with E-state index in [0.717, 1.165) is 17.0 Å². The first-order valence-electron chi connectivity index (χ1n) is 9.57. The van der Waals surface area contributed by atoms with Crippen LogP contribution < -0.4 is 15.4 Å². The topological polar surface area (TPSA) is 72.2 Å². The molecule has 0 atom stereocenters. The molecule has 2 N–H and O–H groups in total. The number of hydrogen-bond donors (Lipinski definition) is 2. The van der Waals surface area contributed by atoms with Gasteiger partial charge in [0.25, 0.3) is 5.89 Å². The molecule has 6 nitrogen and oxygen atoms in total. The van der Waals surface area contributed by atoms with Crippen LogP contribution in [0.15, 0.2) is 65.8 Å². The molecule has 3 rings (SSSR count). The van der Waals surface area contributed by atoms with E-state index in [2.05, 4.69) is 40.0 Å². The summed E-state index contributed by atoms with van der Waals surface area (Å²) in [6.07, 6.45) is 0. The summed E-state index contributed by atoms with van der Waals surface area (Å²) in [4.78, 5) is 4.19. The molecular weight excluding hydrogens is 383 g/mol. The van der Waals surface area contributed by atoms with Gasteiger partial charge in [-0.2, -0.15) is 4.98 Å². The van der Waals surface area contributed by atoms with Crippen LogP contribution in [0.1, 0.15) is 17.0 Å². The SMILES string of the molecule is C=C(COc1ccc(C)cc1C)NCCNC(=C)c1nc(-c2ccccc2F)no1. The number of aryl methyl sites for hydroxylation is 2. The summed E-state index contributed by atoms with van der Waals surface area (Å²) in [5.74, 6) is 0.831. The highest BCUT2D eigenvalue weighted by Gasteiger charge is 2.14. The molecule has 1 heterocycles. The zero-order chi connectivity index (χ0) is 21.5. The zero-order valence-electron chi connectivity index (χ0n) is 17.2. The van der Waals surface area contributed by atoms with Gasteiger partial charge in [0.2, 0.25) is 5.82 Å². The van der Waals surface area contributed by atoms with Gasteiger partial charge in [-0.15, -0.1) is 0 Å². The molecule has 0 aliphatic heterocycles. The second-order valence-electron chi connectivity index (χ2n) is 6.90. The molecular formula is C23H25FN4O2. The maximum absolute atomic E-state index is 13.8. The minimum Gasteiger partial charge on any atom is -0.487 e. The quantitative estimate of drug-likeness (QED) is 0.489. The first-order chi connectivity index (χ1) is 14.4. The first kappa shape index (κ1) is 21.1. The standard InChI is InChI=1S/C23H25FN4O2/c1-15-9-10-21(16(2)13-15)29-14-17(3)25-11-12-26-18(4)23-27-22(28-30-23)19-7-5-6-8-20(19)24/h5-10,13,25-26H,3-4,11-12,14H2,1-2H3. The third-order valence-electron chi connectivity index (χ3n) is 4.37. The Labute approximate surface area is 175 Å². The van der Waals surface area contributed by atoms with Crippen LogP contribution in [0.5, 0.6) is 5.75 Å². The Morgan fingerprint density at radius 3 is 2.63 bits per heavy atom. The highest BCUT2D eigenvalue weighted by Crippen LogP contribution is 2.21. The van der Waals surface area contributed by atoms with Gasteiger partial charge in [0.15, 0.2) is 0 Å². The van der Waals surface area contributed by atoms with Crippen LogP contribution in [0, 0.1) is 19.7 Å². The lowest BCUT2D eigenvalue weighted by atomic mass is 10.1. The Bertz CT molecular complexity index is 1050. The van der Waals surface area contributed by atoms with Gasteiger partial charge in [0.1, 0.15) is 18.2 Å². The predicted molar refractivity (Wildman–Crippen MR) is 115 cm³/mol. The Balaban J connectivity index is 1.40. The molecule has 7 heteroatoms. The van der Waals surface area contributed by atoms with Gasteiger partial charge in [0, 0.05) is 18.8 Å². The molecule has 0 bridgehead atoms. The van der Waals surface area contributed by atoms with Crippen molar-refractivity contribution in [2.75, 3.05) is 19.7 Å². The molecule has 30 heavy (non-hydrogen) atoms. The fourth-order valence-corrected chi connectivity index (χ4v) is 2.80. The summed E-state index contributed by atoms with van der Waals surface area (Å²) in [6.45, 7) is 13.5. The van der Waals surface area contributed by atoms with Gasteiger partial charge >= 0.3 is 0 Å². The van der Waals surface area contributed by atoms with E-state index in [1.165, 1.54) is 11.6 Å². The molecule has 2 aromatic carbocycles. The third kappa shape index (κ3) is 5.47. The summed E-state index contributed by atoms with van der Waals surface area (Å²) >= 11 is 0. The van der Waals surface area contributed by atoms with Gasteiger partial charge in [0.05, 0.1) is 11.3 Å². The average molecular weight is 408 g/mol. The van der Waals surface area contributed by atoms with Crippen molar-refractivity contribution in [3.8, 4) is 17.1 Å². The number of nitrogens with one attached hydrogen (secondary N) is 2. The van der Waals surface area contributed by atoms with Crippen LogP contribution in [0.2, 0.25) is 0 Å². The predicted octanol–water partition coefficient (Wildman–Crippen LogP) is 4.24. The third-order valence-corrected chi connectivity index (χ3v) is 4.37. The number of ether oxygens (including phenoxy) is 1. The summed E-state index contributed by atoms with van der Waals surface area (Å²) in [5, 5.41) is 10.1. The molecule has 0 saturated heterocycles. The van der Waals surface area contributed by atoms with E-state index < -0.39 is 5.82 Å². The number of benzene rings is 2. The van der Waals surface area contributed by atoms with Gasteiger partial charge < -0.3 is 19.9 Å². The number of aromatic nitrogens is 2. The first-order valence-corrected chi connectivity index (χ1v) is 9.57. The van der Waals surface area contributed by atoms with E-state index in [1.807, 2.05) is 26.0 Å². The van der Waals surface area contributed by atoms with E-state index in [4.69, 9.17) is 9.26 Å². The van der Waals surface area contributed by atoms with Crippen LogP contribution in [0.3, 0.4) is 0 Å². The van der Waals surface area contributed by atoms with E-state index in [1.54, 1.807) is 18.2 Å². The molecule has 156 valence electrons. The molecule has 0 unspecified atom stereocenters. The molecule has 3 aromatic rings. The van der Waals surface area contributed by atoms with Gasteiger partial charge in [-0.1, -0.05) is 48.1 Å². The van der Waals surface area contributed by atoms with Crippen molar-refractivity contribution in [2.45, 2.75) is 13.8 Å². The highest BCUT2D eigenvalue weighted by molar-refractivity contribution is 5.59. The summed E-state index contributed by atoms with van der Waals surface area (Å²) in [7, 11) is 0. The fourth-order valence-electron chi connectivity index (χ4n) is 2.80. The van der Waals surface area contributed by atoms with Crippen LogP contribution in [0.4, 0.5) is 4.39 Å². The van der Waals surface area contributed by atoms with Crippen LogP contribution in [0.25, 0.3) is 17.1 Å². The molecule has 1 aromatic heterocycles. The van der Waals surface area contributed by atoms with Crippen molar-refractivity contribution in [2.24, 2.45) is 0 Å². The van der Waals surface area contributed by atoms with Crippen LogP contribution in [-0.4, -0.2) is 29.8 Å². The van der Waals surface area contributed by atoms with Gasteiger partial charge in [-0.25, -0.2) is 4.39 Å². The van der Waals surface area contributed by atoms with Crippen LogP contribution in [-0.2, 0) is 0 Å². The number of halogens is 1. The van der Waals surface area contributed by atoms with E-state index in [0.29, 0.717) is 25.4 Å². The lowest BCUT2D eigenvalue weighted by Gasteiger charge is -2.13. The van der Waals surface area contributed by atoms with Gasteiger partial charge in [-0.05, 0) is 37.6 Å². The Kier molecular flexibility index (Phi) is 6.85. The minimum atomic E-state index is -0.408. The number of nitrogens with zero attached hydrogens (tertiary/aromatic N) is 2. The van der Waals surface area contributed by atoms with Crippen molar-refractivity contribution >= 4 is 5.70 Å². The maximum Gasteiger partial charge on any atom is 0.273 e. The van der Waals surface area contributed by atoms with Crippen LogP contribution >= 0.6 is 0 Å². The molecule has 0 aliphatic carbocycles. The van der Waals surface area contributed by atoms with E-state index >= 15 is 0 Å². The van der Waals surface area contributed by atoms with Crippen molar-refractivity contribution in [3.05, 3.63) is 84.2 Å². The van der Waals surface area contributed by atoms with E-state index in [-0.39, 0.29) is 17.3 Å². The summed E-state index contributed by atoms with van der Waals surface area (Å²) in [5.41, 5.74) is 3.80. The molecule has 0 spiro atoms. The second-order valence-corrected chi connectivity index (χ2v) is 6.90. The Morgan fingerprint density at radius 1 is 1.10 bits per heavy atom. The monoisotopic (exact) mass is 408 g/mol. The van der Waals surface area contributed by atoms with E-state index in [9.17, 15) is 4.39 Å². The van der Waals surface area contributed by atoms with Gasteiger partial charge in [-0.3, -0.25) is 0 Å². The fraction of sp³-hybridized carbons (Fsp3) is 0.217. The molecule has 0 aliphatic rings. The number of rotatable bonds is 10. The van der Waals surface area contributed by atoms with Crippen molar-refractivity contribution in [1.82, 2.24) is 20.8 Å².